The molecule has 2 heterocycles. The summed E-state index contributed by atoms with van der Waals surface area (Å²) in [6, 6.07) is 24.2. The fraction of sp³-hybridized carbons (Fsp3) is 0.222. The summed E-state index contributed by atoms with van der Waals surface area (Å²) in [4.78, 5) is 2.17. The van der Waals surface area contributed by atoms with Crippen LogP contribution in [0, 0.1) is 13.8 Å². The van der Waals surface area contributed by atoms with Crippen molar-refractivity contribution in [2.75, 3.05) is 21.8 Å². The van der Waals surface area contributed by atoms with Gasteiger partial charge >= 0.3 is 7.44 Å². The van der Waals surface area contributed by atoms with E-state index in [-0.39, 0.29) is 5.41 Å². The van der Waals surface area contributed by atoms with Gasteiger partial charge in [-0.1, -0.05) is 56.3 Å². The molecule has 0 amide bonds. The molecule has 0 fully saturated rings. The van der Waals surface area contributed by atoms with E-state index in [2.05, 4.69) is 80.2 Å². The molecule has 2 aliphatic rings. The normalized spacial score (nSPS) is 23.2. The van der Waals surface area contributed by atoms with E-state index in [9.17, 15) is 0 Å². The van der Waals surface area contributed by atoms with E-state index < -0.39 is 7.44 Å². The lowest BCUT2D eigenvalue weighted by Crippen LogP contribution is -2.26. The van der Waals surface area contributed by atoms with E-state index >= 15 is 4.57 Å². The summed E-state index contributed by atoms with van der Waals surface area (Å²) < 4.78 is 16.7. The molecule has 2 aliphatic heterocycles. The first-order chi connectivity index (χ1) is 15.7. The minimum absolute atomic E-state index is 0.320. The van der Waals surface area contributed by atoms with Crippen LogP contribution < -0.4 is 14.8 Å². The second-order valence-corrected chi connectivity index (χ2v) is 11.5. The highest BCUT2D eigenvalue weighted by molar-refractivity contribution is 7.72. The highest BCUT2D eigenvalue weighted by Gasteiger charge is 2.48. The number of nitrogens with zero attached hydrogens (tertiary/aromatic N) is 3. The SMILES string of the molecule is Cc1ccc(N[P@@]2(=O)/C(=C3\N(C)c4ccccc4C3(C)C)C=NN2c2ccccc2)cc1C. The Morgan fingerprint density at radius 1 is 0.909 bits per heavy atom. The van der Waals surface area contributed by atoms with Gasteiger partial charge in [-0.3, -0.25) is 4.57 Å². The van der Waals surface area contributed by atoms with Crippen molar-refractivity contribution in [2.45, 2.75) is 33.1 Å². The van der Waals surface area contributed by atoms with Crippen LogP contribution in [0.3, 0.4) is 0 Å². The Labute approximate surface area is 195 Å². The number of para-hydroxylation sites is 2. The third kappa shape index (κ3) is 3.30. The Morgan fingerprint density at radius 3 is 2.30 bits per heavy atom. The number of hydrazone groups is 1. The van der Waals surface area contributed by atoms with Gasteiger partial charge in [0.25, 0.3) is 0 Å². The molecule has 1 N–H and O–H groups in total. The van der Waals surface area contributed by atoms with Crippen molar-refractivity contribution in [2.24, 2.45) is 5.10 Å². The summed E-state index contributed by atoms with van der Waals surface area (Å²) in [6.07, 6.45) is 1.78. The van der Waals surface area contributed by atoms with Crippen LogP contribution in [0.1, 0.15) is 30.5 Å². The van der Waals surface area contributed by atoms with Crippen LogP contribution in [0.4, 0.5) is 17.1 Å². The van der Waals surface area contributed by atoms with Crippen LogP contribution in [0.15, 0.2) is 88.9 Å². The number of aryl methyl sites for hydroxylation is 2. The summed E-state index contributed by atoms with van der Waals surface area (Å²) in [7, 11) is -1.31. The first-order valence-corrected chi connectivity index (χ1v) is 12.8. The van der Waals surface area contributed by atoms with Crippen molar-refractivity contribution in [3.05, 3.63) is 100 Å². The molecule has 33 heavy (non-hydrogen) atoms. The predicted octanol–water partition coefficient (Wildman–Crippen LogP) is 7.05. The van der Waals surface area contributed by atoms with Gasteiger partial charge in [0.2, 0.25) is 0 Å². The van der Waals surface area contributed by atoms with Crippen molar-refractivity contribution in [3.8, 4) is 0 Å². The molecule has 5 rings (SSSR count). The lowest BCUT2D eigenvalue weighted by molar-refractivity contribution is 0.579. The molecule has 0 radical (unpaired) electrons. The topological polar surface area (TPSA) is 47.9 Å². The molecule has 3 aromatic rings. The molecule has 0 spiro atoms. The largest absolute Gasteiger partial charge is 0.346 e. The molecule has 3 aromatic carbocycles. The van der Waals surface area contributed by atoms with Crippen LogP contribution in [0.5, 0.6) is 0 Å². The molecule has 0 bridgehead atoms. The predicted molar refractivity (Wildman–Crippen MR) is 139 cm³/mol. The standard InChI is InChI=1S/C27H29N4OP/c1-19-15-16-21(17-20(19)2)29-33(32)25(18-28-31(33)22-11-7-6-8-12-22)26-27(3,4)23-13-9-10-14-24(23)30(26)5/h6-18H,1-5H3,(H,29,32)/b26-25-/t33-/m0/s1. The van der Waals surface area contributed by atoms with E-state index in [1.165, 1.54) is 11.1 Å². The van der Waals surface area contributed by atoms with Gasteiger partial charge in [0.1, 0.15) is 0 Å². The average Bonchev–Trinajstić information content (AvgIpc) is 3.22. The van der Waals surface area contributed by atoms with Gasteiger partial charge < -0.3 is 9.99 Å². The number of allylic oxidation sites excluding steroid dienone is 2. The molecule has 0 unspecified atom stereocenters. The number of nitrogens with one attached hydrogen (secondary N) is 1. The number of fused-ring (bicyclic) bond motifs is 1. The fourth-order valence-electron chi connectivity index (χ4n) is 4.91. The van der Waals surface area contributed by atoms with Gasteiger partial charge in [-0.15, -0.1) is 0 Å². The number of rotatable bonds is 3. The lowest BCUT2D eigenvalue weighted by atomic mass is 9.84. The zero-order valence-corrected chi connectivity index (χ0v) is 20.6. The van der Waals surface area contributed by atoms with Gasteiger partial charge in [-0.05, 0) is 60.9 Å². The average molecular weight is 457 g/mol. The highest BCUT2D eigenvalue weighted by atomic mass is 31.2. The molecule has 5 nitrogen and oxygen atoms in total. The molecular weight excluding hydrogens is 427 g/mol. The van der Waals surface area contributed by atoms with Crippen LogP contribution in [0.2, 0.25) is 0 Å². The zero-order chi connectivity index (χ0) is 23.4. The number of anilines is 3. The fourth-order valence-corrected chi connectivity index (χ4v) is 7.39. The van der Waals surface area contributed by atoms with Gasteiger partial charge in [0.05, 0.1) is 17.2 Å². The van der Waals surface area contributed by atoms with Gasteiger partial charge in [-0.2, -0.15) is 9.88 Å². The summed E-state index contributed by atoms with van der Waals surface area (Å²) >= 11 is 0. The maximum Gasteiger partial charge on any atom is 0.313 e. The maximum absolute atomic E-state index is 15.0. The summed E-state index contributed by atoms with van der Waals surface area (Å²) in [5.41, 5.74) is 7.01. The van der Waals surface area contributed by atoms with E-state index in [0.29, 0.717) is 0 Å². The monoisotopic (exact) mass is 456 g/mol. The Morgan fingerprint density at radius 2 is 1.61 bits per heavy atom. The zero-order valence-electron chi connectivity index (χ0n) is 19.7. The van der Waals surface area contributed by atoms with Gasteiger partial charge in [0, 0.05) is 29.5 Å². The second kappa shape index (κ2) is 7.64. The molecule has 0 saturated carbocycles. The minimum atomic E-state index is -3.36. The van der Waals surface area contributed by atoms with Crippen LogP contribution in [-0.2, 0) is 9.98 Å². The van der Waals surface area contributed by atoms with E-state index in [4.69, 9.17) is 0 Å². The van der Waals surface area contributed by atoms with Crippen molar-refractivity contribution < 1.29 is 4.57 Å². The van der Waals surface area contributed by atoms with E-state index in [1.807, 2.05) is 42.5 Å². The Balaban J connectivity index is 1.71. The third-order valence-electron chi connectivity index (χ3n) is 6.77. The highest BCUT2D eigenvalue weighted by Crippen LogP contribution is 2.64. The first-order valence-electron chi connectivity index (χ1n) is 11.2. The smallest absolute Gasteiger partial charge is 0.313 e. The number of hydrogen-bond donors (Lipinski definition) is 1. The molecule has 168 valence electrons. The van der Waals surface area contributed by atoms with E-state index in [0.717, 1.165) is 33.6 Å². The summed E-state index contributed by atoms with van der Waals surface area (Å²) in [5, 5.41) is 8.83. The second-order valence-electron chi connectivity index (χ2n) is 9.29. The minimum Gasteiger partial charge on any atom is -0.346 e. The summed E-state index contributed by atoms with van der Waals surface area (Å²) in [5.74, 6) is 0. The van der Waals surface area contributed by atoms with Crippen molar-refractivity contribution in [1.82, 2.24) is 0 Å². The molecular formula is C27H29N4OP. The Kier molecular flexibility index (Phi) is 4.98. The Hall–Kier alpha value is -3.30. The molecule has 1 atom stereocenters. The lowest BCUT2D eigenvalue weighted by Gasteiger charge is -2.31. The van der Waals surface area contributed by atoms with Crippen molar-refractivity contribution in [3.63, 3.8) is 0 Å². The maximum atomic E-state index is 15.0. The van der Waals surface area contributed by atoms with Crippen LogP contribution in [-0.4, -0.2) is 13.3 Å². The van der Waals surface area contributed by atoms with Crippen LogP contribution in [0.25, 0.3) is 0 Å². The third-order valence-corrected chi connectivity index (χ3v) is 9.18. The molecule has 0 saturated heterocycles. The Bertz CT molecular complexity index is 1340. The molecule has 0 aromatic heterocycles. The number of likely N-dealkylation sites (N-methyl/N-ethyl adjacent to an activating group) is 1. The number of hydrogen-bond acceptors (Lipinski definition) is 3. The van der Waals surface area contributed by atoms with Gasteiger partial charge in [-0.25, -0.2) is 0 Å². The molecule has 0 aliphatic carbocycles. The van der Waals surface area contributed by atoms with Crippen molar-refractivity contribution in [1.29, 1.82) is 0 Å². The summed E-state index contributed by atoms with van der Waals surface area (Å²) in [6.45, 7) is 8.53. The first kappa shape index (κ1) is 21.5. The molecule has 6 heteroatoms. The number of benzene rings is 3. The van der Waals surface area contributed by atoms with E-state index in [1.54, 1.807) is 11.0 Å². The van der Waals surface area contributed by atoms with Crippen molar-refractivity contribution >= 4 is 30.7 Å². The van der Waals surface area contributed by atoms with Crippen LogP contribution >= 0.6 is 7.44 Å². The van der Waals surface area contributed by atoms with Gasteiger partial charge in [0.15, 0.2) is 0 Å². The quantitative estimate of drug-likeness (QED) is 0.429.